The number of thioether (sulfide) groups is 1. The number of hydrazone groups is 1. The van der Waals surface area contributed by atoms with Crippen LogP contribution in [0, 0.1) is 5.82 Å². The Hall–Kier alpha value is -2.67. The van der Waals surface area contributed by atoms with Crippen LogP contribution in [-0.2, 0) is 0 Å². The first-order chi connectivity index (χ1) is 16.9. The lowest BCUT2D eigenvalue weighted by molar-refractivity contribution is 0.0500. The van der Waals surface area contributed by atoms with Crippen LogP contribution in [0.3, 0.4) is 0 Å². The van der Waals surface area contributed by atoms with Gasteiger partial charge in [-0.25, -0.2) is 19.9 Å². The summed E-state index contributed by atoms with van der Waals surface area (Å²) in [5.41, 5.74) is 7.36. The molecule has 3 aliphatic rings. The summed E-state index contributed by atoms with van der Waals surface area (Å²) in [6.07, 6.45) is 5.56. The summed E-state index contributed by atoms with van der Waals surface area (Å²) in [5.74, 6) is 0.628. The maximum absolute atomic E-state index is 14.7. The number of hydrogen-bond acceptors (Lipinski definition) is 11. The van der Waals surface area contributed by atoms with Crippen molar-refractivity contribution in [2.45, 2.75) is 57.2 Å². The van der Waals surface area contributed by atoms with Crippen molar-refractivity contribution in [3.63, 3.8) is 0 Å². The largest absolute Gasteiger partial charge is 0.396 e. The zero-order chi connectivity index (χ0) is 24.4. The Labute approximate surface area is 208 Å². The molecule has 4 heterocycles. The number of piperidine rings is 1. The van der Waals surface area contributed by atoms with Crippen LogP contribution in [0.5, 0.6) is 0 Å². The van der Waals surface area contributed by atoms with Crippen molar-refractivity contribution in [1.82, 2.24) is 25.9 Å². The van der Waals surface area contributed by atoms with E-state index in [0.29, 0.717) is 22.9 Å². The molecule has 0 spiro atoms. The van der Waals surface area contributed by atoms with Crippen LogP contribution in [0.15, 0.2) is 35.6 Å². The van der Waals surface area contributed by atoms with Crippen LogP contribution in [0.25, 0.3) is 0 Å². The summed E-state index contributed by atoms with van der Waals surface area (Å²) in [5, 5.41) is 22.3. The van der Waals surface area contributed by atoms with E-state index in [0.717, 1.165) is 30.8 Å². The second-order valence-electron chi connectivity index (χ2n) is 9.67. The molecule has 0 aliphatic carbocycles. The van der Waals surface area contributed by atoms with Crippen LogP contribution in [0.4, 0.5) is 27.5 Å². The van der Waals surface area contributed by atoms with Crippen LogP contribution >= 0.6 is 11.8 Å². The Morgan fingerprint density at radius 1 is 1.34 bits per heavy atom. The molecule has 2 fully saturated rings. The van der Waals surface area contributed by atoms with E-state index in [2.05, 4.69) is 55.5 Å². The van der Waals surface area contributed by atoms with Gasteiger partial charge >= 0.3 is 0 Å². The van der Waals surface area contributed by atoms with E-state index in [1.807, 2.05) is 24.3 Å². The molecular formula is C23H32FN9OS. The minimum Gasteiger partial charge on any atom is -0.396 e. The van der Waals surface area contributed by atoms with Crippen molar-refractivity contribution < 1.29 is 9.50 Å². The molecule has 3 aliphatic heterocycles. The van der Waals surface area contributed by atoms with Gasteiger partial charge in [0.25, 0.3) is 0 Å². The predicted octanol–water partition coefficient (Wildman–Crippen LogP) is 3.00. The lowest BCUT2D eigenvalue weighted by Crippen LogP contribution is -2.55. The number of aliphatic hydroxyl groups excluding tert-OH is 1. The maximum atomic E-state index is 14.7. The summed E-state index contributed by atoms with van der Waals surface area (Å²) in [6.45, 7) is 5.77. The molecule has 5 N–H and O–H groups in total. The third kappa shape index (κ3) is 5.30. The number of benzene rings is 1. The van der Waals surface area contributed by atoms with Gasteiger partial charge in [-0.15, -0.1) is 10.6 Å². The Kier molecular flexibility index (Phi) is 6.96. The Morgan fingerprint density at radius 3 is 3.09 bits per heavy atom. The normalized spacial score (nSPS) is 23.5. The molecule has 1 aromatic carbocycles. The molecular weight excluding hydrogens is 469 g/mol. The van der Waals surface area contributed by atoms with Crippen molar-refractivity contribution in [3.8, 4) is 0 Å². The fraction of sp³-hybridized carbons (Fsp3) is 0.522. The molecule has 2 atom stereocenters. The predicted molar refractivity (Wildman–Crippen MR) is 138 cm³/mol. The highest BCUT2D eigenvalue weighted by Gasteiger charge is 2.43. The Morgan fingerprint density at radius 2 is 2.23 bits per heavy atom. The SMILES string of the molecule is CC1(C)C[C@H](Nc2nc(Nc3cccc(N4NNN=C4SCCO)c3)ncc2F)C[C@@H]2CCCN21. The zero-order valence-electron chi connectivity index (χ0n) is 20.0. The monoisotopic (exact) mass is 501 g/mol. The highest BCUT2D eigenvalue weighted by Crippen LogP contribution is 2.38. The van der Waals surface area contributed by atoms with Gasteiger partial charge in [-0.05, 0) is 64.3 Å². The average Bonchev–Trinajstić information content (AvgIpc) is 3.50. The maximum Gasteiger partial charge on any atom is 0.229 e. The van der Waals surface area contributed by atoms with E-state index < -0.39 is 5.82 Å². The number of anilines is 4. The number of nitrogens with one attached hydrogen (secondary N) is 4. The molecule has 0 saturated carbocycles. The number of aliphatic hydroxyl groups is 1. The van der Waals surface area contributed by atoms with Gasteiger partial charge in [0, 0.05) is 29.1 Å². The lowest BCUT2D eigenvalue weighted by atomic mass is 9.84. The summed E-state index contributed by atoms with van der Waals surface area (Å²) >= 11 is 1.43. The average molecular weight is 502 g/mol. The summed E-state index contributed by atoms with van der Waals surface area (Å²) in [7, 11) is 0. The van der Waals surface area contributed by atoms with Gasteiger partial charge in [-0.1, -0.05) is 17.8 Å². The van der Waals surface area contributed by atoms with Crippen LogP contribution < -0.4 is 26.7 Å². The molecule has 0 unspecified atom stereocenters. The van der Waals surface area contributed by atoms with Gasteiger partial charge in [0.2, 0.25) is 11.1 Å². The number of fused-ring (bicyclic) bond motifs is 1. The highest BCUT2D eigenvalue weighted by molar-refractivity contribution is 8.14. The van der Waals surface area contributed by atoms with E-state index in [1.54, 1.807) is 5.01 Å². The smallest absolute Gasteiger partial charge is 0.229 e. The number of amidine groups is 1. The fourth-order valence-electron chi connectivity index (χ4n) is 5.32. The Balaban J connectivity index is 1.28. The topological polar surface area (TPSA) is 113 Å². The number of halogens is 1. The zero-order valence-corrected chi connectivity index (χ0v) is 20.8. The number of nitrogens with zero attached hydrogens (tertiary/aromatic N) is 5. The van der Waals surface area contributed by atoms with Gasteiger partial charge in [-0.3, -0.25) is 4.90 Å². The molecule has 188 valence electrons. The molecule has 2 saturated heterocycles. The molecule has 0 amide bonds. The molecule has 12 heteroatoms. The molecule has 35 heavy (non-hydrogen) atoms. The van der Waals surface area contributed by atoms with E-state index in [4.69, 9.17) is 5.11 Å². The van der Waals surface area contributed by atoms with Gasteiger partial charge in [-0.2, -0.15) is 4.98 Å². The highest BCUT2D eigenvalue weighted by atomic mass is 32.2. The number of hydrogen-bond donors (Lipinski definition) is 5. The summed E-state index contributed by atoms with van der Waals surface area (Å²) in [6, 6.07) is 8.32. The first kappa shape index (κ1) is 24.0. The molecule has 0 radical (unpaired) electrons. The third-order valence-electron chi connectivity index (χ3n) is 6.73. The van der Waals surface area contributed by atoms with E-state index >= 15 is 0 Å². The van der Waals surface area contributed by atoms with E-state index in [-0.39, 0.29) is 24.0 Å². The quantitative estimate of drug-likeness (QED) is 0.388. The second-order valence-corrected chi connectivity index (χ2v) is 10.7. The number of rotatable bonds is 7. The lowest BCUT2D eigenvalue weighted by Gasteiger charge is -2.47. The van der Waals surface area contributed by atoms with Gasteiger partial charge in [0.1, 0.15) is 0 Å². The van der Waals surface area contributed by atoms with Crippen molar-refractivity contribution >= 4 is 40.1 Å². The van der Waals surface area contributed by atoms with Crippen molar-refractivity contribution in [2.75, 3.05) is 34.5 Å². The molecule has 0 bridgehead atoms. The molecule has 10 nitrogen and oxygen atoms in total. The van der Waals surface area contributed by atoms with Crippen LogP contribution in [0.2, 0.25) is 0 Å². The minimum absolute atomic E-state index is 0.0641. The standard InChI is InChI=1S/C23H32FN9OS/c1-23(2)13-16(12-17-7-4-8-32(17)23)26-20-19(24)14-25-21(28-20)27-15-5-3-6-18(11-15)33-22(29-30-31-33)35-10-9-34/h3,5-6,11,14,16-17,30-31,34H,4,7-10,12-13H2,1-2H3,(H2,25,26,27,28)/t16-,17+/m1/s1. The summed E-state index contributed by atoms with van der Waals surface area (Å²) in [4.78, 5) is 11.2. The van der Waals surface area contributed by atoms with E-state index in [9.17, 15) is 4.39 Å². The van der Waals surface area contributed by atoms with Gasteiger partial charge < -0.3 is 15.7 Å². The summed E-state index contributed by atoms with van der Waals surface area (Å²) < 4.78 is 14.7. The third-order valence-corrected chi connectivity index (χ3v) is 7.65. The van der Waals surface area contributed by atoms with Crippen molar-refractivity contribution in [3.05, 3.63) is 36.3 Å². The Bertz CT molecular complexity index is 1080. The second kappa shape index (κ2) is 10.1. The van der Waals surface area contributed by atoms with Crippen molar-refractivity contribution in [2.24, 2.45) is 5.10 Å². The molecule has 1 aromatic heterocycles. The van der Waals surface area contributed by atoms with Crippen LogP contribution in [0.1, 0.15) is 39.5 Å². The molecule has 5 rings (SSSR count). The number of hydrazine groups is 2. The fourth-order valence-corrected chi connectivity index (χ4v) is 5.99. The van der Waals surface area contributed by atoms with E-state index in [1.165, 1.54) is 30.8 Å². The van der Waals surface area contributed by atoms with Gasteiger partial charge in [0.05, 0.1) is 18.5 Å². The minimum atomic E-state index is -0.454. The van der Waals surface area contributed by atoms with Gasteiger partial charge in [0.15, 0.2) is 11.6 Å². The molecule has 2 aromatic rings. The first-order valence-electron chi connectivity index (χ1n) is 12.0. The van der Waals surface area contributed by atoms with Crippen LogP contribution in [-0.4, -0.2) is 61.7 Å². The number of aromatic nitrogens is 2. The van der Waals surface area contributed by atoms with Crippen molar-refractivity contribution in [1.29, 1.82) is 0 Å². The first-order valence-corrected chi connectivity index (χ1v) is 13.0.